The molecule has 1 nitrogen and oxygen atoms in total. The molecule has 9 atom stereocenters. The first-order valence-corrected chi connectivity index (χ1v) is 13.3. The molecule has 5 fully saturated rings. The van der Waals surface area contributed by atoms with E-state index in [9.17, 15) is 0 Å². The van der Waals surface area contributed by atoms with Crippen LogP contribution in [0.15, 0.2) is 0 Å². The summed E-state index contributed by atoms with van der Waals surface area (Å²) in [6.45, 7) is 11.8. The van der Waals surface area contributed by atoms with Crippen LogP contribution in [0.5, 0.6) is 0 Å². The standard InChI is InChI=1S/C27H47N/c1-5-26(3)23-15-14-21-17-19-11-7-8-12-20(19)18-22(21)25(23)24-13-9-10-16-28(24)27(26,4)6-2/h19-25H,5-18H2,1-4H3. The first-order chi connectivity index (χ1) is 13.5. The summed E-state index contributed by atoms with van der Waals surface area (Å²) in [4.78, 5) is 3.11. The SMILES string of the molecule is CCC1(C)C2CCC3CC4CCCCC4CC3C2C2CCCCN2C1(C)CC. The molecular weight excluding hydrogens is 338 g/mol. The minimum atomic E-state index is 0.420. The van der Waals surface area contributed by atoms with Gasteiger partial charge in [0.25, 0.3) is 0 Å². The molecule has 9 unspecified atom stereocenters. The summed E-state index contributed by atoms with van der Waals surface area (Å²) in [7, 11) is 0. The predicted octanol–water partition coefficient (Wildman–Crippen LogP) is 7.30. The van der Waals surface area contributed by atoms with Gasteiger partial charge in [-0.25, -0.2) is 0 Å². The summed E-state index contributed by atoms with van der Waals surface area (Å²) in [5.41, 5.74) is 0.928. The van der Waals surface area contributed by atoms with Gasteiger partial charge in [-0.15, -0.1) is 0 Å². The Kier molecular flexibility index (Phi) is 5.17. The molecule has 5 aliphatic rings. The van der Waals surface area contributed by atoms with Gasteiger partial charge >= 0.3 is 0 Å². The molecule has 0 aromatic rings. The van der Waals surface area contributed by atoms with Crippen LogP contribution in [0.4, 0.5) is 0 Å². The average Bonchev–Trinajstić information content (AvgIpc) is 2.75. The Morgan fingerprint density at radius 1 is 0.750 bits per heavy atom. The molecule has 0 aromatic carbocycles. The van der Waals surface area contributed by atoms with Crippen molar-refractivity contribution in [2.24, 2.45) is 40.9 Å². The fourth-order valence-corrected chi connectivity index (χ4v) is 9.94. The first kappa shape index (κ1) is 19.9. The fraction of sp³-hybridized carbons (Fsp3) is 1.00. The van der Waals surface area contributed by atoms with Crippen molar-refractivity contribution in [2.45, 2.75) is 123 Å². The molecule has 5 rings (SSSR count). The van der Waals surface area contributed by atoms with E-state index < -0.39 is 0 Å². The van der Waals surface area contributed by atoms with Crippen molar-refractivity contribution in [1.82, 2.24) is 4.90 Å². The maximum absolute atomic E-state index is 3.11. The molecule has 2 saturated heterocycles. The zero-order valence-electron chi connectivity index (χ0n) is 19.4. The lowest BCUT2D eigenvalue weighted by Gasteiger charge is -2.70. The molecular formula is C27H47N. The third kappa shape index (κ3) is 2.66. The molecule has 0 amide bonds. The molecule has 0 radical (unpaired) electrons. The smallest absolute Gasteiger partial charge is 0.0238 e. The molecule has 0 bridgehead atoms. The fourth-order valence-electron chi connectivity index (χ4n) is 9.94. The van der Waals surface area contributed by atoms with Gasteiger partial charge in [0.1, 0.15) is 0 Å². The van der Waals surface area contributed by atoms with Crippen molar-refractivity contribution in [1.29, 1.82) is 0 Å². The molecule has 0 spiro atoms. The zero-order valence-corrected chi connectivity index (χ0v) is 19.4. The molecule has 160 valence electrons. The van der Waals surface area contributed by atoms with E-state index in [1.807, 2.05) is 0 Å². The van der Waals surface area contributed by atoms with Crippen LogP contribution >= 0.6 is 0 Å². The molecule has 0 N–H and O–H groups in total. The van der Waals surface area contributed by atoms with E-state index >= 15 is 0 Å². The third-order valence-electron chi connectivity index (χ3n) is 11.8. The summed E-state index contributed by atoms with van der Waals surface area (Å²) >= 11 is 0. The van der Waals surface area contributed by atoms with Crippen LogP contribution in [0.2, 0.25) is 0 Å². The van der Waals surface area contributed by atoms with Crippen molar-refractivity contribution >= 4 is 0 Å². The van der Waals surface area contributed by atoms with Crippen LogP contribution in [0.1, 0.15) is 111 Å². The second-order valence-corrected chi connectivity index (χ2v) is 12.1. The van der Waals surface area contributed by atoms with E-state index in [4.69, 9.17) is 0 Å². The molecule has 2 heterocycles. The van der Waals surface area contributed by atoms with Crippen molar-refractivity contribution in [3.8, 4) is 0 Å². The van der Waals surface area contributed by atoms with Gasteiger partial charge in [-0.1, -0.05) is 52.9 Å². The Morgan fingerprint density at radius 3 is 2.18 bits per heavy atom. The number of nitrogens with zero attached hydrogens (tertiary/aromatic N) is 1. The number of hydrogen-bond donors (Lipinski definition) is 0. The van der Waals surface area contributed by atoms with E-state index in [-0.39, 0.29) is 0 Å². The molecule has 0 aromatic heterocycles. The van der Waals surface area contributed by atoms with Gasteiger partial charge in [0.15, 0.2) is 0 Å². The van der Waals surface area contributed by atoms with Gasteiger partial charge < -0.3 is 0 Å². The van der Waals surface area contributed by atoms with Crippen LogP contribution < -0.4 is 0 Å². The van der Waals surface area contributed by atoms with Crippen LogP contribution in [0, 0.1) is 40.9 Å². The Bertz CT molecular complexity index is 571. The molecule has 1 heteroatoms. The summed E-state index contributed by atoms with van der Waals surface area (Å²) in [6.07, 6.45) is 19.7. The van der Waals surface area contributed by atoms with Gasteiger partial charge in [-0.05, 0) is 106 Å². The maximum Gasteiger partial charge on any atom is 0.0238 e. The van der Waals surface area contributed by atoms with Crippen molar-refractivity contribution < 1.29 is 0 Å². The first-order valence-electron chi connectivity index (χ1n) is 13.3. The molecule has 2 aliphatic heterocycles. The second kappa shape index (κ2) is 7.28. The van der Waals surface area contributed by atoms with Gasteiger partial charge in [0.05, 0.1) is 0 Å². The second-order valence-electron chi connectivity index (χ2n) is 12.1. The topological polar surface area (TPSA) is 3.24 Å². The van der Waals surface area contributed by atoms with Gasteiger partial charge in [-0.2, -0.15) is 0 Å². The largest absolute Gasteiger partial charge is 0.294 e. The monoisotopic (exact) mass is 385 g/mol. The van der Waals surface area contributed by atoms with E-state index in [0.717, 1.165) is 41.5 Å². The number of rotatable bonds is 2. The lowest BCUT2D eigenvalue weighted by Crippen LogP contribution is -2.72. The van der Waals surface area contributed by atoms with E-state index in [0.29, 0.717) is 11.0 Å². The highest BCUT2D eigenvalue weighted by Crippen LogP contribution is 2.65. The number of fused-ring (bicyclic) bond motifs is 6. The van der Waals surface area contributed by atoms with Gasteiger partial charge in [0.2, 0.25) is 0 Å². The number of piperidine rings is 2. The third-order valence-corrected chi connectivity index (χ3v) is 11.8. The minimum Gasteiger partial charge on any atom is -0.294 e. The van der Waals surface area contributed by atoms with Crippen molar-refractivity contribution in [3.05, 3.63) is 0 Å². The summed E-state index contributed by atoms with van der Waals surface area (Å²) in [6, 6.07) is 0.913. The number of hydrogen-bond acceptors (Lipinski definition) is 1. The Morgan fingerprint density at radius 2 is 1.46 bits per heavy atom. The highest BCUT2D eigenvalue weighted by atomic mass is 15.3. The van der Waals surface area contributed by atoms with Gasteiger partial charge in [-0.3, -0.25) is 4.90 Å². The molecule has 3 saturated carbocycles. The van der Waals surface area contributed by atoms with E-state index in [2.05, 4.69) is 32.6 Å². The Labute approximate surface area is 175 Å². The van der Waals surface area contributed by atoms with Crippen LogP contribution in [-0.2, 0) is 0 Å². The highest BCUT2D eigenvalue weighted by Gasteiger charge is 2.63. The quantitative estimate of drug-likeness (QED) is 0.482. The van der Waals surface area contributed by atoms with Crippen molar-refractivity contribution in [2.75, 3.05) is 6.54 Å². The molecule has 28 heavy (non-hydrogen) atoms. The van der Waals surface area contributed by atoms with E-state index in [1.165, 1.54) is 51.5 Å². The summed E-state index contributed by atoms with van der Waals surface area (Å²) in [5, 5.41) is 0. The van der Waals surface area contributed by atoms with Crippen LogP contribution in [0.25, 0.3) is 0 Å². The maximum atomic E-state index is 3.11. The lowest BCUT2D eigenvalue weighted by atomic mass is 9.44. The average molecular weight is 386 g/mol. The van der Waals surface area contributed by atoms with Crippen molar-refractivity contribution in [3.63, 3.8) is 0 Å². The predicted molar refractivity (Wildman–Crippen MR) is 119 cm³/mol. The summed E-state index contributed by atoms with van der Waals surface area (Å²) in [5.74, 6) is 6.36. The Balaban J connectivity index is 1.52. The zero-order chi connectivity index (χ0) is 19.5. The van der Waals surface area contributed by atoms with Crippen LogP contribution in [-0.4, -0.2) is 23.0 Å². The van der Waals surface area contributed by atoms with Crippen LogP contribution in [0.3, 0.4) is 0 Å². The normalized spacial score (nSPS) is 54.2. The molecule has 3 aliphatic carbocycles. The Hall–Kier alpha value is -0.0400. The van der Waals surface area contributed by atoms with Gasteiger partial charge in [0, 0.05) is 11.6 Å². The minimum absolute atomic E-state index is 0.420. The van der Waals surface area contributed by atoms with E-state index in [1.54, 1.807) is 38.5 Å². The lowest BCUT2D eigenvalue weighted by molar-refractivity contribution is -0.207. The highest BCUT2D eigenvalue weighted by molar-refractivity contribution is 5.15. The summed E-state index contributed by atoms with van der Waals surface area (Å²) < 4.78 is 0.